The summed E-state index contributed by atoms with van der Waals surface area (Å²) in [7, 11) is 0. The molecule has 2 rings (SSSR count). The van der Waals surface area contributed by atoms with Crippen molar-refractivity contribution >= 4 is 17.5 Å². The van der Waals surface area contributed by atoms with Crippen LogP contribution < -0.4 is 5.32 Å². The Kier molecular flexibility index (Phi) is 5.44. The first-order chi connectivity index (χ1) is 9.58. The maximum atomic E-state index is 12.7. The molecule has 3 nitrogen and oxygen atoms in total. The summed E-state index contributed by atoms with van der Waals surface area (Å²) >= 11 is 6.02. The quantitative estimate of drug-likeness (QED) is 0.925. The van der Waals surface area contributed by atoms with E-state index in [2.05, 4.69) is 19.2 Å². The molecule has 1 fully saturated rings. The lowest BCUT2D eigenvalue weighted by Crippen LogP contribution is -2.50. The van der Waals surface area contributed by atoms with Gasteiger partial charge in [-0.15, -0.1) is 0 Å². The average Bonchev–Trinajstić information content (AvgIpc) is 2.45. The zero-order chi connectivity index (χ0) is 14.5. The Hall–Kier alpha value is -1.06. The van der Waals surface area contributed by atoms with E-state index < -0.39 is 0 Å². The Bertz CT molecular complexity index is 456. The summed E-state index contributed by atoms with van der Waals surface area (Å²) in [4.78, 5) is 14.6. The normalized spacial score (nSPS) is 19.1. The van der Waals surface area contributed by atoms with Gasteiger partial charge < -0.3 is 10.2 Å². The van der Waals surface area contributed by atoms with Crippen molar-refractivity contribution in [1.29, 1.82) is 0 Å². The van der Waals surface area contributed by atoms with Crippen LogP contribution in [0.3, 0.4) is 0 Å². The van der Waals surface area contributed by atoms with E-state index in [9.17, 15) is 4.79 Å². The Morgan fingerprint density at radius 3 is 2.85 bits per heavy atom. The van der Waals surface area contributed by atoms with E-state index in [1.807, 2.05) is 29.2 Å². The first-order valence-corrected chi connectivity index (χ1v) is 7.74. The smallest absolute Gasteiger partial charge is 0.240 e. The van der Waals surface area contributed by atoms with Gasteiger partial charge in [-0.05, 0) is 50.9 Å². The molecule has 1 aliphatic rings. The van der Waals surface area contributed by atoms with Crippen molar-refractivity contribution in [3.05, 3.63) is 34.9 Å². The summed E-state index contributed by atoms with van der Waals surface area (Å²) in [5, 5.41) is 4.05. The molecule has 1 heterocycles. The van der Waals surface area contributed by atoms with Crippen LogP contribution in [0.25, 0.3) is 0 Å². The molecule has 1 saturated heterocycles. The third kappa shape index (κ3) is 3.97. The van der Waals surface area contributed by atoms with E-state index in [1.165, 1.54) is 6.42 Å². The van der Waals surface area contributed by atoms with Crippen LogP contribution in [0.5, 0.6) is 0 Å². The molecular weight excluding hydrogens is 272 g/mol. The second-order valence-electron chi connectivity index (χ2n) is 5.69. The minimum atomic E-state index is -0.0228. The van der Waals surface area contributed by atoms with Gasteiger partial charge in [-0.25, -0.2) is 0 Å². The Balaban J connectivity index is 2.08. The van der Waals surface area contributed by atoms with Crippen molar-refractivity contribution in [1.82, 2.24) is 10.2 Å². The monoisotopic (exact) mass is 294 g/mol. The topological polar surface area (TPSA) is 32.3 Å². The van der Waals surface area contributed by atoms with E-state index in [4.69, 9.17) is 11.6 Å². The minimum Gasteiger partial charge on any atom is -0.335 e. The molecule has 0 aromatic heterocycles. The molecule has 0 radical (unpaired) electrons. The van der Waals surface area contributed by atoms with E-state index in [0.29, 0.717) is 6.54 Å². The summed E-state index contributed by atoms with van der Waals surface area (Å²) in [6.07, 6.45) is 3.24. The van der Waals surface area contributed by atoms with Crippen molar-refractivity contribution in [2.45, 2.75) is 51.7 Å². The zero-order valence-corrected chi connectivity index (χ0v) is 13.0. The van der Waals surface area contributed by atoms with E-state index >= 15 is 0 Å². The average molecular weight is 295 g/mol. The second kappa shape index (κ2) is 7.09. The Labute approximate surface area is 126 Å². The lowest BCUT2D eigenvalue weighted by atomic mass is 10.0. The third-order valence-electron chi connectivity index (χ3n) is 3.76. The molecule has 0 saturated carbocycles. The fraction of sp³-hybridized carbons (Fsp3) is 0.562. The maximum Gasteiger partial charge on any atom is 0.240 e. The molecule has 1 atom stereocenters. The SMILES string of the molecule is CC(C)N(Cc1cccc(Cl)c1)C(=O)C1CCCCN1. The molecule has 20 heavy (non-hydrogen) atoms. The van der Waals surface area contributed by atoms with E-state index in [-0.39, 0.29) is 18.0 Å². The number of amides is 1. The number of carbonyl (C=O) groups excluding carboxylic acids is 1. The number of benzene rings is 1. The van der Waals surface area contributed by atoms with Gasteiger partial charge in [0.25, 0.3) is 0 Å². The van der Waals surface area contributed by atoms with Gasteiger partial charge in [0, 0.05) is 17.6 Å². The maximum absolute atomic E-state index is 12.7. The Morgan fingerprint density at radius 2 is 2.25 bits per heavy atom. The fourth-order valence-corrected chi connectivity index (χ4v) is 2.82. The summed E-state index contributed by atoms with van der Waals surface area (Å²) in [6.45, 7) is 5.69. The van der Waals surface area contributed by atoms with Crippen LogP contribution in [-0.4, -0.2) is 29.4 Å². The molecule has 0 spiro atoms. The van der Waals surface area contributed by atoms with Gasteiger partial charge in [0.15, 0.2) is 0 Å². The van der Waals surface area contributed by atoms with Crippen LogP contribution in [0.15, 0.2) is 24.3 Å². The number of hydrogen-bond acceptors (Lipinski definition) is 2. The predicted octanol–water partition coefficient (Wildman–Crippen LogP) is 3.22. The predicted molar refractivity (Wildman–Crippen MR) is 82.8 cm³/mol. The molecule has 1 aliphatic heterocycles. The number of rotatable bonds is 4. The molecule has 1 unspecified atom stereocenters. The van der Waals surface area contributed by atoms with E-state index in [1.54, 1.807) is 0 Å². The number of halogens is 1. The summed E-state index contributed by atoms with van der Waals surface area (Å²) in [5.41, 5.74) is 1.08. The van der Waals surface area contributed by atoms with Gasteiger partial charge in [0.05, 0.1) is 6.04 Å². The number of piperidine rings is 1. The van der Waals surface area contributed by atoms with Gasteiger partial charge in [0.2, 0.25) is 5.91 Å². The number of hydrogen-bond donors (Lipinski definition) is 1. The van der Waals surface area contributed by atoms with Crippen LogP contribution in [-0.2, 0) is 11.3 Å². The second-order valence-corrected chi connectivity index (χ2v) is 6.13. The first-order valence-electron chi connectivity index (χ1n) is 7.36. The minimum absolute atomic E-state index is 0.0228. The summed E-state index contributed by atoms with van der Waals surface area (Å²) in [6, 6.07) is 7.89. The summed E-state index contributed by atoms with van der Waals surface area (Å²) < 4.78 is 0. The number of carbonyl (C=O) groups is 1. The van der Waals surface area contributed by atoms with Crippen LogP contribution in [0.2, 0.25) is 5.02 Å². The number of nitrogens with zero attached hydrogens (tertiary/aromatic N) is 1. The molecule has 1 N–H and O–H groups in total. The van der Waals surface area contributed by atoms with Crippen LogP contribution in [0.1, 0.15) is 38.7 Å². The summed E-state index contributed by atoms with van der Waals surface area (Å²) in [5.74, 6) is 0.208. The van der Waals surface area contributed by atoms with Crippen LogP contribution in [0.4, 0.5) is 0 Å². The highest BCUT2D eigenvalue weighted by Gasteiger charge is 2.27. The largest absolute Gasteiger partial charge is 0.335 e. The van der Waals surface area contributed by atoms with Gasteiger partial charge >= 0.3 is 0 Å². The molecule has 110 valence electrons. The molecule has 4 heteroatoms. The molecule has 0 aliphatic carbocycles. The molecule has 0 bridgehead atoms. The molecule has 1 amide bonds. The lowest BCUT2D eigenvalue weighted by Gasteiger charge is -2.33. The first kappa shape index (κ1) is 15.3. The zero-order valence-electron chi connectivity index (χ0n) is 12.2. The van der Waals surface area contributed by atoms with Crippen molar-refractivity contribution in [2.24, 2.45) is 0 Å². The van der Waals surface area contributed by atoms with Crippen molar-refractivity contribution in [2.75, 3.05) is 6.54 Å². The number of nitrogens with one attached hydrogen (secondary N) is 1. The van der Waals surface area contributed by atoms with Gasteiger partial charge in [-0.1, -0.05) is 30.2 Å². The van der Waals surface area contributed by atoms with Crippen LogP contribution >= 0.6 is 11.6 Å². The van der Waals surface area contributed by atoms with Crippen molar-refractivity contribution < 1.29 is 4.79 Å². The standard InChI is InChI=1S/C16H23ClN2O/c1-12(2)19(11-13-6-5-7-14(17)10-13)16(20)15-8-3-4-9-18-15/h5-7,10,12,15,18H,3-4,8-9,11H2,1-2H3. The molecular formula is C16H23ClN2O. The van der Waals surface area contributed by atoms with Gasteiger partial charge in [0.1, 0.15) is 0 Å². The molecule has 1 aromatic rings. The van der Waals surface area contributed by atoms with Gasteiger partial charge in [-0.3, -0.25) is 4.79 Å². The lowest BCUT2D eigenvalue weighted by molar-refractivity contribution is -0.136. The highest BCUT2D eigenvalue weighted by Crippen LogP contribution is 2.17. The van der Waals surface area contributed by atoms with Gasteiger partial charge in [-0.2, -0.15) is 0 Å². The highest BCUT2D eigenvalue weighted by atomic mass is 35.5. The van der Waals surface area contributed by atoms with Crippen molar-refractivity contribution in [3.63, 3.8) is 0 Å². The Morgan fingerprint density at radius 1 is 1.45 bits per heavy atom. The van der Waals surface area contributed by atoms with E-state index in [0.717, 1.165) is 30.0 Å². The highest BCUT2D eigenvalue weighted by molar-refractivity contribution is 6.30. The fourth-order valence-electron chi connectivity index (χ4n) is 2.61. The molecule has 1 aromatic carbocycles. The van der Waals surface area contributed by atoms with Crippen molar-refractivity contribution in [3.8, 4) is 0 Å². The van der Waals surface area contributed by atoms with Crippen LogP contribution in [0, 0.1) is 0 Å². The third-order valence-corrected chi connectivity index (χ3v) is 3.99.